The molecule has 142 valence electrons. The van der Waals surface area contributed by atoms with Gasteiger partial charge < -0.3 is 4.74 Å². The molecule has 1 aromatic carbocycles. The molecule has 1 aromatic rings. The lowest BCUT2D eigenvalue weighted by atomic mass is 9.85. The van der Waals surface area contributed by atoms with Crippen LogP contribution in [0.25, 0.3) is 0 Å². The number of esters is 1. The number of nitrogens with zero attached hydrogens (tertiary/aromatic N) is 2. The fourth-order valence-corrected chi connectivity index (χ4v) is 4.21. The van der Waals surface area contributed by atoms with Crippen LogP contribution >= 0.6 is 0 Å². The van der Waals surface area contributed by atoms with Crippen molar-refractivity contribution in [1.29, 1.82) is 0 Å². The molecule has 0 saturated heterocycles. The molecule has 1 aliphatic heterocycles. The van der Waals surface area contributed by atoms with E-state index in [1.165, 1.54) is 38.5 Å². The van der Waals surface area contributed by atoms with Gasteiger partial charge in [-0.2, -0.15) is 5.10 Å². The zero-order chi connectivity index (χ0) is 18.4. The summed E-state index contributed by atoms with van der Waals surface area (Å²) >= 11 is 0. The number of rotatable bonds is 4. The highest BCUT2D eigenvalue weighted by molar-refractivity contribution is 6.37. The molecule has 1 fully saturated rings. The van der Waals surface area contributed by atoms with Crippen molar-refractivity contribution >= 4 is 11.7 Å². The molecule has 2 aliphatic rings. The van der Waals surface area contributed by atoms with Crippen molar-refractivity contribution in [1.82, 2.24) is 5.01 Å². The Morgan fingerprint density at radius 2 is 1.73 bits per heavy atom. The van der Waals surface area contributed by atoms with Crippen LogP contribution in [0.1, 0.15) is 70.8 Å². The van der Waals surface area contributed by atoms with Crippen molar-refractivity contribution in [3.8, 4) is 0 Å². The van der Waals surface area contributed by atoms with Crippen molar-refractivity contribution < 1.29 is 9.53 Å². The highest BCUT2D eigenvalue weighted by Gasteiger charge is 2.41. The number of carbonyl (C=O) groups excluding carboxylic acids is 1. The summed E-state index contributed by atoms with van der Waals surface area (Å²) in [4.78, 5) is 12.8. The molecule has 0 N–H and O–H groups in total. The highest BCUT2D eigenvalue weighted by atomic mass is 16.5. The SMILES string of the molecule is CC(C)N1N=C(C(=O)OCc2ccccc2)C2CCCCCCCCC21. The van der Waals surface area contributed by atoms with Crippen molar-refractivity contribution in [3.05, 3.63) is 35.9 Å². The topological polar surface area (TPSA) is 41.9 Å². The minimum Gasteiger partial charge on any atom is -0.456 e. The first-order chi connectivity index (χ1) is 12.7. The van der Waals surface area contributed by atoms with Crippen molar-refractivity contribution in [3.63, 3.8) is 0 Å². The van der Waals surface area contributed by atoms with Crippen LogP contribution in [-0.2, 0) is 16.1 Å². The van der Waals surface area contributed by atoms with Crippen LogP contribution in [0.5, 0.6) is 0 Å². The first kappa shape index (κ1) is 18.9. The number of hydrogen-bond donors (Lipinski definition) is 0. The summed E-state index contributed by atoms with van der Waals surface area (Å²) in [5.41, 5.74) is 1.67. The van der Waals surface area contributed by atoms with Crippen molar-refractivity contribution in [2.45, 2.75) is 83.9 Å². The maximum Gasteiger partial charge on any atom is 0.355 e. The summed E-state index contributed by atoms with van der Waals surface area (Å²) in [6.07, 6.45) is 9.79. The average molecular weight is 357 g/mol. The lowest BCUT2D eigenvalue weighted by Gasteiger charge is -2.31. The van der Waals surface area contributed by atoms with Crippen molar-refractivity contribution in [2.24, 2.45) is 11.0 Å². The van der Waals surface area contributed by atoms with Crippen LogP contribution in [0.2, 0.25) is 0 Å². The highest BCUT2D eigenvalue weighted by Crippen LogP contribution is 2.33. The molecule has 0 aromatic heterocycles. The number of carbonyl (C=O) groups is 1. The maximum atomic E-state index is 12.8. The lowest BCUT2D eigenvalue weighted by molar-refractivity contribution is -0.137. The van der Waals surface area contributed by atoms with E-state index in [2.05, 4.69) is 18.9 Å². The van der Waals surface area contributed by atoms with Crippen molar-refractivity contribution in [2.75, 3.05) is 0 Å². The Morgan fingerprint density at radius 3 is 2.42 bits per heavy atom. The Labute approximate surface area is 157 Å². The van der Waals surface area contributed by atoms with E-state index in [4.69, 9.17) is 9.84 Å². The molecule has 4 nitrogen and oxygen atoms in total. The summed E-state index contributed by atoms with van der Waals surface area (Å²) in [6.45, 7) is 4.65. The van der Waals surface area contributed by atoms with E-state index in [0.29, 0.717) is 24.4 Å². The normalized spacial score (nSPS) is 24.1. The van der Waals surface area contributed by atoms with Gasteiger partial charge in [-0.3, -0.25) is 5.01 Å². The lowest BCUT2D eigenvalue weighted by Crippen LogP contribution is -2.38. The molecule has 0 spiro atoms. The number of ether oxygens (including phenoxy) is 1. The minimum absolute atomic E-state index is 0.221. The third-order valence-corrected chi connectivity index (χ3v) is 5.59. The van der Waals surface area contributed by atoms with E-state index >= 15 is 0 Å². The molecule has 1 saturated carbocycles. The second-order valence-electron chi connectivity index (χ2n) is 7.89. The van der Waals surface area contributed by atoms with Gasteiger partial charge >= 0.3 is 5.97 Å². The van der Waals surface area contributed by atoms with Crippen LogP contribution in [0.4, 0.5) is 0 Å². The molecule has 1 heterocycles. The molecular formula is C22H32N2O2. The average Bonchev–Trinajstić information content (AvgIpc) is 3.02. The summed E-state index contributed by atoms with van der Waals surface area (Å²) in [5.74, 6) is -0.0113. The smallest absolute Gasteiger partial charge is 0.355 e. The molecule has 3 rings (SSSR count). The van der Waals surface area contributed by atoms with Gasteiger partial charge in [0, 0.05) is 12.0 Å². The predicted octanol–water partition coefficient (Wildman–Crippen LogP) is 4.93. The van der Waals surface area contributed by atoms with Crippen LogP contribution in [0.3, 0.4) is 0 Å². The number of hydrazone groups is 1. The van der Waals surface area contributed by atoms with Gasteiger partial charge in [0.15, 0.2) is 5.71 Å². The molecular weight excluding hydrogens is 324 g/mol. The van der Waals surface area contributed by atoms with E-state index in [-0.39, 0.29) is 11.9 Å². The third kappa shape index (κ3) is 4.66. The second-order valence-corrected chi connectivity index (χ2v) is 7.89. The van der Waals surface area contributed by atoms with E-state index in [0.717, 1.165) is 18.4 Å². The Morgan fingerprint density at radius 1 is 1.08 bits per heavy atom. The minimum atomic E-state index is -0.232. The molecule has 4 heteroatoms. The summed E-state index contributed by atoms with van der Waals surface area (Å²) in [6, 6.07) is 10.5. The van der Waals surface area contributed by atoms with E-state index in [1.807, 2.05) is 30.3 Å². The Hall–Kier alpha value is -1.84. The predicted molar refractivity (Wildman–Crippen MR) is 105 cm³/mol. The number of benzene rings is 1. The zero-order valence-corrected chi connectivity index (χ0v) is 16.2. The fraction of sp³-hybridized carbons (Fsp3) is 0.636. The fourth-order valence-electron chi connectivity index (χ4n) is 4.21. The largest absolute Gasteiger partial charge is 0.456 e. The van der Waals surface area contributed by atoms with Gasteiger partial charge in [0.25, 0.3) is 0 Å². The first-order valence-corrected chi connectivity index (χ1v) is 10.2. The van der Waals surface area contributed by atoms with E-state index in [9.17, 15) is 4.79 Å². The van der Waals surface area contributed by atoms with Crippen LogP contribution in [0, 0.1) is 5.92 Å². The molecule has 2 atom stereocenters. The quantitative estimate of drug-likeness (QED) is 0.718. The molecule has 1 aliphatic carbocycles. The van der Waals surface area contributed by atoms with Gasteiger partial charge in [0.1, 0.15) is 6.61 Å². The number of hydrogen-bond acceptors (Lipinski definition) is 4. The first-order valence-electron chi connectivity index (χ1n) is 10.2. The zero-order valence-electron chi connectivity index (χ0n) is 16.2. The maximum absolute atomic E-state index is 12.8. The van der Waals surface area contributed by atoms with Gasteiger partial charge in [-0.25, -0.2) is 4.79 Å². The van der Waals surface area contributed by atoms with Gasteiger partial charge in [-0.15, -0.1) is 0 Å². The summed E-state index contributed by atoms with van der Waals surface area (Å²) in [7, 11) is 0. The van der Waals surface area contributed by atoms with Crippen LogP contribution < -0.4 is 0 Å². The van der Waals surface area contributed by atoms with Gasteiger partial charge in [-0.1, -0.05) is 68.9 Å². The standard InChI is InChI=1S/C22H32N2O2/c1-17(2)24-20-15-11-6-4-3-5-10-14-19(20)21(23-24)22(25)26-16-18-12-8-7-9-13-18/h7-9,12-13,17,19-20H,3-6,10-11,14-16H2,1-2H3. The second kappa shape index (κ2) is 9.20. The van der Waals surface area contributed by atoms with Gasteiger partial charge in [-0.05, 0) is 32.3 Å². The Bertz CT molecular complexity index is 612. The van der Waals surface area contributed by atoms with Gasteiger partial charge in [0.05, 0.1) is 6.04 Å². The summed E-state index contributed by atoms with van der Waals surface area (Å²) < 4.78 is 5.62. The molecule has 2 unspecified atom stereocenters. The monoisotopic (exact) mass is 356 g/mol. The Kier molecular flexibility index (Phi) is 6.70. The van der Waals surface area contributed by atoms with Crippen LogP contribution in [-0.4, -0.2) is 28.8 Å². The molecule has 0 bridgehead atoms. The summed E-state index contributed by atoms with van der Waals surface area (Å²) in [5, 5.41) is 6.94. The molecule has 26 heavy (non-hydrogen) atoms. The van der Waals surface area contributed by atoms with E-state index in [1.54, 1.807) is 0 Å². The molecule has 0 amide bonds. The Balaban J connectivity index is 1.72. The third-order valence-electron chi connectivity index (χ3n) is 5.59. The number of fused-ring (bicyclic) bond motifs is 1. The molecule has 0 radical (unpaired) electrons. The van der Waals surface area contributed by atoms with Crippen LogP contribution in [0.15, 0.2) is 35.4 Å². The van der Waals surface area contributed by atoms with E-state index < -0.39 is 0 Å². The van der Waals surface area contributed by atoms with Gasteiger partial charge in [0.2, 0.25) is 0 Å².